The Morgan fingerprint density at radius 3 is 2.93 bits per heavy atom. The van der Waals surface area contributed by atoms with Gasteiger partial charge in [0.2, 0.25) is 0 Å². The number of nitrogens with one attached hydrogen (secondary N) is 1. The fourth-order valence-electron chi connectivity index (χ4n) is 1.09. The Balaban J connectivity index is 3.07. The maximum atomic E-state index is 11.4. The summed E-state index contributed by atoms with van der Waals surface area (Å²) in [4.78, 5) is 18.1. The molecule has 0 bridgehead atoms. The van der Waals surface area contributed by atoms with Crippen LogP contribution in [-0.2, 0) is 11.2 Å². The molecule has 0 unspecified atom stereocenters. The molecule has 14 heavy (non-hydrogen) atoms. The van der Waals surface area contributed by atoms with Gasteiger partial charge in [-0.05, 0) is 25.6 Å². The van der Waals surface area contributed by atoms with E-state index < -0.39 is 0 Å². The lowest BCUT2D eigenvalue weighted by Gasteiger charge is -2.05. The highest BCUT2D eigenvalue weighted by atomic mass is 32.1. The predicted octanol–water partition coefficient (Wildman–Crippen LogP) is 1.88. The lowest BCUT2D eigenvalue weighted by Crippen LogP contribution is -2.10. The van der Waals surface area contributed by atoms with E-state index in [1.54, 1.807) is 6.92 Å². The van der Waals surface area contributed by atoms with E-state index in [4.69, 9.17) is 17.0 Å². The summed E-state index contributed by atoms with van der Waals surface area (Å²) < 4.78 is 5.26. The maximum Gasteiger partial charge on any atom is 0.341 e. The van der Waals surface area contributed by atoms with Crippen LogP contribution in [0.4, 0.5) is 0 Å². The summed E-state index contributed by atoms with van der Waals surface area (Å²) in [6.07, 6.45) is 2.15. The average molecular weight is 212 g/mol. The highest BCUT2D eigenvalue weighted by Gasteiger charge is 2.11. The second-order valence-electron chi connectivity index (χ2n) is 2.65. The number of ether oxygens (including phenoxy) is 1. The van der Waals surface area contributed by atoms with Crippen LogP contribution in [0.5, 0.6) is 0 Å². The zero-order valence-corrected chi connectivity index (χ0v) is 8.98. The van der Waals surface area contributed by atoms with Gasteiger partial charge in [-0.15, -0.1) is 0 Å². The van der Waals surface area contributed by atoms with E-state index in [9.17, 15) is 4.79 Å². The van der Waals surface area contributed by atoms with Crippen LogP contribution in [0, 0.1) is 4.77 Å². The molecule has 1 rings (SSSR count). The van der Waals surface area contributed by atoms with Crippen LogP contribution in [0.3, 0.4) is 0 Å². The monoisotopic (exact) mass is 212 g/mol. The van der Waals surface area contributed by atoms with Crippen LogP contribution >= 0.6 is 12.2 Å². The molecule has 1 N–H and O–H groups in total. The Bertz CT molecular complexity index is 387. The molecule has 0 saturated carbocycles. The Morgan fingerprint density at radius 1 is 1.64 bits per heavy atom. The lowest BCUT2D eigenvalue weighted by atomic mass is 10.2. The van der Waals surface area contributed by atoms with Crippen molar-refractivity contribution in [3.63, 3.8) is 0 Å². The standard InChI is InChI=1S/C9H12N2O2S/c1-3-7-6(8(12)13-4-2)5-10-9(14)11-7/h5H,3-4H2,1-2H3,(H,10,11,14). The van der Waals surface area contributed by atoms with Gasteiger partial charge in [-0.2, -0.15) is 0 Å². The molecule has 0 spiro atoms. The van der Waals surface area contributed by atoms with E-state index in [0.29, 0.717) is 23.4 Å². The van der Waals surface area contributed by atoms with Crippen molar-refractivity contribution in [2.24, 2.45) is 0 Å². The van der Waals surface area contributed by atoms with Crippen LogP contribution in [0.2, 0.25) is 0 Å². The molecule has 0 aromatic carbocycles. The van der Waals surface area contributed by atoms with Crippen molar-refractivity contribution in [2.75, 3.05) is 6.61 Å². The molecule has 0 aliphatic heterocycles. The van der Waals surface area contributed by atoms with Crippen LogP contribution < -0.4 is 0 Å². The summed E-state index contributed by atoms with van der Waals surface area (Å²) in [6, 6.07) is 0. The topological polar surface area (TPSA) is 55.0 Å². The molecule has 0 saturated heterocycles. The number of nitrogens with zero attached hydrogens (tertiary/aromatic N) is 1. The number of hydrogen-bond donors (Lipinski definition) is 1. The first-order chi connectivity index (χ1) is 6.69. The molecular formula is C9H12N2O2S. The molecule has 0 aliphatic carbocycles. The molecule has 1 aromatic heterocycles. The SMILES string of the molecule is CCOC(=O)c1cnc(=S)[nH]c1CC. The largest absolute Gasteiger partial charge is 0.462 e. The Kier molecular flexibility index (Phi) is 3.76. The molecule has 0 radical (unpaired) electrons. The fourth-order valence-corrected chi connectivity index (χ4v) is 1.27. The Labute approximate surface area is 87.3 Å². The number of aromatic amines is 1. The third kappa shape index (κ3) is 2.38. The Hall–Kier alpha value is -1.23. The first-order valence-electron chi connectivity index (χ1n) is 4.44. The first kappa shape index (κ1) is 10.8. The summed E-state index contributed by atoms with van der Waals surface area (Å²) in [5.74, 6) is -0.358. The minimum atomic E-state index is -0.358. The summed E-state index contributed by atoms with van der Waals surface area (Å²) in [5.41, 5.74) is 1.23. The van der Waals surface area contributed by atoms with Gasteiger partial charge in [0, 0.05) is 11.9 Å². The molecule has 1 aromatic rings. The van der Waals surface area contributed by atoms with E-state index in [2.05, 4.69) is 9.97 Å². The van der Waals surface area contributed by atoms with Crippen LogP contribution in [0.25, 0.3) is 0 Å². The van der Waals surface area contributed by atoms with Gasteiger partial charge < -0.3 is 9.72 Å². The number of rotatable bonds is 3. The van der Waals surface area contributed by atoms with Crippen molar-refractivity contribution >= 4 is 18.2 Å². The average Bonchev–Trinajstić information content (AvgIpc) is 2.17. The molecule has 1 heterocycles. The lowest BCUT2D eigenvalue weighted by molar-refractivity contribution is 0.0524. The summed E-state index contributed by atoms with van der Waals surface area (Å²) >= 11 is 4.86. The van der Waals surface area contributed by atoms with E-state index in [1.807, 2.05) is 6.92 Å². The zero-order valence-electron chi connectivity index (χ0n) is 8.16. The number of esters is 1. The number of carbonyl (C=O) groups is 1. The van der Waals surface area contributed by atoms with Crippen molar-refractivity contribution in [1.29, 1.82) is 0 Å². The van der Waals surface area contributed by atoms with Gasteiger partial charge in [0.05, 0.1) is 12.2 Å². The number of aromatic nitrogens is 2. The molecule has 0 fully saturated rings. The highest BCUT2D eigenvalue weighted by molar-refractivity contribution is 7.71. The Morgan fingerprint density at radius 2 is 2.36 bits per heavy atom. The molecule has 4 nitrogen and oxygen atoms in total. The normalized spacial score (nSPS) is 9.86. The van der Waals surface area contributed by atoms with E-state index in [-0.39, 0.29) is 5.97 Å². The van der Waals surface area contributed by atoms with Gasteiger partial charge in [-0.1, -0.05) is 6.92 Å². The number of aryl methyl sites for hydroxylation is 1. The van der Waals surface area contributed by atoms with Gasteiger partial charge >= 0.3 is 5.97 Å². The second-order valence-corrected chi connectivity index (χ2v) is 3.04. The van der Waals surface area contributed by atoms with Crippen molar-refractivity contribution in [2.45, 2.75) is 20.3 Å². The van der Waals surface area contributed by atoms with Gasteiger partial charge in [0.25, 0.3) is 0 Å². The minimum absolute atomic E-state index is 0.358. The highest BCUT2D eigenvalue weighted by Crippen LogP contribution is 2.06. The maximum absolute atomic E-state index is 11.4. The van der Waals surface area contributed by atoms with Crippen molar-refractivity contribution in [3.05, 3.63) is 22.2 Å². The van der Waals surface area contributed by atoms with Crippen molar-refractivity contribution in [3.8, 4) is 0 Å². The van der Waals surface area contributed by atoms with E-state index in [0.717, 1.165) is 5.69 Å². The molecule has 5 heteroatoms. The molecule has 0 aliphatic rings. The molecule has 0 amide bonds. The van der Waals surface area contributed by atoms with Crippen LogP contribution in [0.1, 0.15) is 29.9 Å². The first-order valence-corrected chi connectivity index (χ1v) is 4.85. The van der Waals surface area contributed by atoms with Gasteiger partial charge in [0.1, 0.15) is 0 Å². The van der Waals surface area contributed by atoms with Gasteiger partial charge in [0.15, 0.2) is 4.77 Å². The minimum Gasteiger partial charge on any atom is -0.462 e. The summed E-state index contributed by atoms with van der Waals surface area (Å²) in [6.45, 7) is 4.06. The smallest absolute Gasteiger partial charge is 0.341 e. The van der Waals surface area contributed by atoms with Gasteiger partial charge in [-0.3, -0.25) is 0 Å². The van der Waals surface area contributed by atoms with Crippen molar-refractivity contribution < 1.29 is 9.53 Å². The quantitative estimate of drug-likeness (QED) is 0.614. The second kappa shape index (κ2) is 4.85. The third-order valence-corrected chi connectivity index (χ3v) is 1.95. The van der Waals surface area contributed by atoms with E-state index >= 15 is 0 Å². The zero-order chi connectivity index (χ0) is 10.6. The molecular weight excluding hydrogens is 200 g/mol. The van der Waals surface area contributed by atoms with Crippen LogP contribution in [-0.4, -0.2) is 22.5 Å². The van der Waals surface area contributed by atoms with Gasteiger partial charge in [-0.25, -0.2) is 9.78 Å². The predicted molar refractivity (Wildman–Crippen MR) is 54.8 cm³/mol. The fraction of sp³-hybridized carbons (Fsp3) is 0.444. The molecule has 76 valence electrons. The number of H-pyrrole nitrogens is 1. The van der Waals surface area contributed by atoms with Crippen molar-refractivity contribution in [1.82, 2.24) is 9.97 Å². The summed E-state index contributed by atoms with van der Waals surface area (Å²) in [7, 11) is 0. The van der Waals surface area contributed by atoms with Crippen LogP contribution in [0.15, 0.2) is 6.20 Å². The molecule has 0 atom stereocenters. The summed E-state index contributed by atoms with van der Waals surface area (Å²) in [5, 5.41) is 0. The third-order valence-electron chi connectivity index (χ3n) is 1.74. The number of hydrogen-bond acceptors (Lipinski definition) is 4. The van der Waals surface area contributed by atoms with E-state index in [1.165, 1.54) is 6.20 Å². The number of carbonyl (C=O) groups excluding carboxylic acids is 1.